The van der Waals surface area contributed by atoms with Crippen molar-refractivity contribution >= 4 is 17.7 Å². The van der Waals surface area contributed by atoms with Gasteiger partial charge in [0.1, 0.15) is 5.75 Å². The van der Waals surface area contributed by atoms with Gasteiger partial charge in [-0.15, -0.1) is 0 Å². The molecule has 0 unspecified atom stereocenters. The molecule has 3 rings (SSSR count). The number of carbonyl (C=O) groups is 3. The summed E-state index contributed by atoms with van der Waals surface area (Å²) in [6.45, 7) is 1.04. The Morgan fingerprint density at radius 1 is 0.714 bits per heavy atom. The van der Waals surface area contributed by atoms with Gasteiger partial charge in [0.05, 0.1) is 5.56 Å². The maximum Gasteiger partial charge on any atom is 0.338 e. The van der Waals surface area contributed by atoms with Crippen molar-refractivity contribution in [3.8, 4) is 16.9 Å². The van der Waals surface area contributed by atoms with Gasteiger partial charge in [-0.1, -0.05) is 54.6 Å². The van der Waals surface area contributed by atoms with Crippen LogP contribution in [0.2, 0.25) is 0 Å². The molecule has 0 aliphatic heterocycles. The van der Waals surface area contributed by atoms with Gasteiger partial charge in [0, 0.05) is 12.5 Å². The smallest absolute Gasteiger partial charge is 0.338 e. The zero-order chi connectivity index (χ0) is 19.9. The second-order valence-corrected chi connectivity index (χ2v) is 6.06. The molecule has 140 valence electrons. The molecule has 0 atom stereocenters. The van der Waals surface area contributed by atoms with Gasteiger partial charge in [-0.25, -0.2) is 4.79 Å². The summed E-state index contributed by atoms with van der Waals surface area (Å²) < 4.78 is 10.1. The van der Waals surface area contributed by atoms with Gasteiger partial charge in [0.25, 0.3) is 0 Å². The van der Waals surface area contributed by atoms with Crippen LogP contribution < -0.4 is 4.74 Å². The molecule has 3 aromatic rings. The van der Waals surface area contributed by atoms with E-state index in [2.05, 4.69) is 0 Å². The first-order chi connectivity index (χ1) is 13.5. The normalized spacial score (nSPS) is 10.2. The minimum Gasteiger partial charge on any atom is -0.454 e. The van der Waals surface area contributed by atoms with Gasteiger partial charge in [0.15, 0.2) is 12.4 Å². The molecule has 0 aliphatic rings. The Hall–Kier alpha value is -3.73. The number of ketones is 1. The van der Waals surface area contributed by atoms with E-state index in [1.54, 1.807) is 60.7 Å². The van der Waals surface area contributed by atoms with E-state index in [0.717, 1.165) is 11.1 Å². The molecule has 28 heavy (non-hydrogen) atoms. The van der Waals surface area contributed by atoms with Crippen LogP contribution in [0.1, 0.15) is 27.6 Å². The van der Waals surface area contributed by atoms with Crippen molar-refractivity contribution in [1.82, 2.24) is 0 Å². The van der Waals surface area contributed by atoms with Crippen molar-refractivity contribution in [3.63, 3.8) is 0 Å². The highest BCUT2D eigenvalue weighted by atomic mass is 16.5. The van der Waals surface area contributed by atoms with E-state index < -0.39 is 5.97 Å². The maximum absolute atomic E-state index is 12.2. The lowest BCUT2D eigenvalue weighted by Crippen LogP contribution is -2.14. The second-order valence-electron chi connectivity index (χ2n) is 6.06. The van der Waals surface area contributed by atoms with Gasteiger partial charge in [-0.2, -0.15) is 0 Å². The third-order valence-corrected chi connectivity index (χ3v) is 4.00. The van der Waals surface area contributed by atoms with Crippen LogP contribution in [0.5, 0.6) is 5.75 Å². The topological polar surface area (TPSA) is 69.7 Å². The van der Waals surface area contributed by atoms with Crippen LogP contribution in [-0.2, 0) is 9.53 Å². The molecule has 0 amide bonds. The summed E-state index contributed by atoms with van der Waals surface area (Å²) >= 11 is 0. The number of rotatable bonds is 6. The Bertz CT molecular complexity index is 974. The molecule has 0 heterocycles. The summed E-state index contributed by atoms with van der Waals surface area (Å²) in [6.07, 6.45) is 0. The molecule has 0 aliphatic carbocycles. The predicted octanol–water partition coefficient (Wildman–Crippen LogP) is 4.32. The molecule has 0 saturated carbocycles. The van der Waals surface area contributed by atoms with E-state index in [4.69, 9.17) is 9.47 Å². The maximum atomic E-state index is 12.2. The standard InChI is InChI=1S/C23H18O5/c1-16(24)28-21-13-11-18(12-14-21)17-7-9-20(10-8-17)23(26)27-15-22(25)19-5-3-2-4-6-19/h2-14H,15H2,1H3. The number of esters is 2. The first-order valence-corrected chi connectivity index (χ1v) is 8.67. The van der Waals surface area contributed by atoms with E-state index >= 15 is 0 Å². The molecule has 0 N–H and O–H groups in total. The van der Waals surface area contributed by atoms with Crippen LogP contribution in [0, 0.1) is 0 Å². The minimum atomic E-state index is -0.555. The largest absolute Gasteiger partial charge is 0.454 e. The highest BCUT2D eigenvalue weighted by Gasteiger charge is 2.12. The van der Waals surface area contributed by atoms with Crippen molar-refractivity contribution in [2.75, 3.05) is 6.61 Å². The zero-order valence-corrected chi connectivity index (χ0v) is 15.3. The van der Waals surface area contributed by atoms with Crippen LogP contribution >= 0.6 is 0 Å². The highest BCUT2D eigenvalue weighted by Crippen LogP contribution is 2.23. The van der Waals surface area contributed by atoms with Gasteiger partial charge in [-0.05, 0) is 35.4 Å². The molecule has 3 aromatic carbocycles. The number of benzene rings is 3. The third-order valence-electron chi connectivity index (χ3n) is 4.00. The SMILES string of the molecule is CC(=O)Oc1ccc(-c2ccc(C(=O)OCC(=O)c3ccccc3)cc2)cc1. The number of ether oxygens (including phenoxy) is 2. The average Bonchev–Trinajstić information content (AvgIpc) is 2.72. The Labute approximate surface area is 162 Å². The zero-order valence-electron chi connectivity index (χ0n) is 15.3. The summed E-state index contributed by atoms with van der Waals surface area (Å²) in [6, 6.07) is 22.6. The Morgan fingerprint density at radius 3 is 1.86 bits per heavy atom. The van der Waals surface area contributed by atoms with Crippen LogP contribution in [0.3, 0.4) is 0 Å². The van der Waals surface area contributed by atoms with Crippen LogP contribution in [0.15, 0.2) is 78.9 Å². The van der Waals surface area contributed by atoms with E-state index in [9.17, 15) is 14.4 Å². The number of hydrogen-bond donors (Lipinski definition) is 0. The Morgan fingerprint density at radius 2 is 1.29 bits per heavy atom. The average molecular weight is 374 g/mol. The summed E-state index contributed by atoms with van der Waals surface area (Å²) in [4.78, 5) is 35.1. The fourth-order valence-electron chi connectivity index (χ4n) is 2.60. The molecular weight excluding hydrogens is 356 g/mol. The second kappa shape index (κ2) is 8.77. The van der Waals surface area contributed by atoms with E-state index in [0.29, 0.717) is 16.9 Å². The fraction of sp³-hybridized carbons (Fsp3) is 0.0870. The fourth-order valence-corrected chi connectivity index (χ4v) is 2.60. The summed E-state index contributed by atoms with van der Waals surface area (Å²) in [5.41, 5.74) is 2.67. The Kier molecular flexibility index (Phi) is 5.97. The molecule has 0 saturated heterocycles. The van der Waals surface area contributed by atoms with Crippen molar-refractivity contribution in [2.45, 2.75) is 6.92 Å². The van der Waals surface area contributed by atoms with E-state index in [1.165, 1.54) is 6.92 Å². The third kappa shape index (κ3) is 4.92. The lowest BCUT2D eigenvalue weighted by Gasteiger charge is -2.07. The van der Waals surface area contributed by atoms with E-state index in [-0.39, 0.29) is 18.4 Å². The molecule has 0 aromatic heterocycles. The van der Waals surface area contributed by atoms with E-state index in [1.807, 2.05) is 18.2 Å². The molecule has 5 nitrogen and oxygen atoms in total. The lowest BCUT2D eigenvalue weighted by atomic mass is 10.0. The molecule has 0 radical (unpaired) electrons. The van der Waals surface area contributed by atoms with Crippen LogP contribution in [0.4, 0.5) is 0 Å². The molecule has 0 spiro atoms. The monoisotopic (exact) mass is 374 g/mol. The molecular formula is C23H18O5. The molecule has 0 fully saturated rings. The van der Waals surface area contributed by atoms with Crippen molar-refractivity contribution in [2.24, 2.45) is 0 Å². The number of hydrogen-bond acceptors (Lipinski definition) is 5. The van der Waals surface area contributed by atoms with Crippen molar-refractivity contribution in [3.05, 3.63) is 90.0 Å². The molecule has 0 bridgehead atoms. The van der Waals surface area contributed by atoms with Crippen molar-refractivity contribution < 1.29 is 23.9 Å². The summed E-state index contributed by atoms with van der Waals surface area (Å²) in [7, 11) is 0. The lowest BCUT2D eigenvalue weighted by molar-refractivity contribution is -0.131. The highest BCUT2D eigenvalue weighted by molar-refractivity contribution is 5.99. The first-order valence-electron chi connectivity index (χ1n) is 8.67. The summed E-state index contributed by atoms with van der Waals surface area (Å²) in [5, 5.41) is 0. The minimum absolute atomic E-state index is 0.251. The molecule has 5 heteroatoms. The Balaban J connectivity index is 1.61. The van der Waals surface area contributed by atoms with Crippen LogP contribution in [-0.4, -0.2) is 24.3 Å². The summed E-state index contributed by atoms with van der Waals surface area (Å²) in [5.74, 6) is -0.708. The van der Waals surface area contributed by atoms with Gasteiger partial charge >= 0.3 is 11.9 Å². The number of Topliss-reactive ketones (excluding diaryl/α,β-unsaturated/α-hetero) is 1. The van der Waals surface area contributed by atoms with Gasteiger partial charge in [0.2, 0.25) is 0 Å². The predicted molar refractivity (Wildman–Crippen MR) is 104 cm³/mol. The first kappa shape index (κ1) is 19.0. The van der Waals surface area contributed by atoms with Crippen LogP contribution in [0.25, 0.3) is 11.1 Å². The quantitative estimate of drug-likeness (QED) is 0.365. The number of carbonyl (C=O) groups excluding carboxylic acids is 3. The van der Waals surface area contributed by atoms with Crippen molar-refractivity contribution in [1.29, 1.82) is 0 Å². The van der Waals surface area contributed by atoms with Gasteiger partial charge in [-0.3, -0.25) is 9.59 Å². The van der Waals surface area contributed by atoms with Gasteiger partial charge < -0.3 is 9.47 Å².